The molecule has 162 valence electrons. The van der Waals surface area contributed by atoms with E-state index in [0.29, 0.717) is 19.4 Å². The average molecular weight is 436 g/mol. The molecule has 30 heavy (non-hydrogen) atoms. The highest BCUT2D eigenvalue weighted by molar-refractivity contribution is 7.91. The second-order valence-corrected chi connectivity index (χ2v) is 9.25. The first kappa shape index (κ1) is 20.5. The lowest BCUT2D eigenvalue weighted by molar-refractivity contribution is -0.148. The molecule has 1 atom stereocenters. The Morgan fingerprint density at radius 3 is 2.80 bits per heavy atom. The Morgan fingerprint density at radius 2 is 2.07 bits per heavy atom. The maximum atomic E-state index is 13.2. The zero-order chi connectivity index (χ0) is 21.4. The van der Waals surface area contributed by atoms with Crippen LogP contribution in [0.4, 0.5) is 5.69 Å². The van der Waals surface area contributed by atoms with Gasteiger partial charge in [-0.05, 0) is 37.8 Å². The molecule has 1 aliphatic carbocycles. The number of carbonyl (C=O) groups excluding carboxylic acids is 2. The molecule has 11 heteroatoms. The van der Waals surface area contributed by atoms with Gasteiger partial charge in [0.25, 0.3) is 0 Å². The number of rotatable bonds is 5. The standard InChI is InChI=1S/C19H25N5O5S/c20-16-15-13(23-30(27,28)24-16)7-3-8-14(15)29-11-19(9-4-10-21-17(19)25)18(26)22-12-5-1-2-6-12/h3,7-8,12,23H,1-2,4-6,9-11H2,(H2,20,24)(H,21,25)(H,22,26)/t19-/m1/s1. The van der Waals surface area contributed by atoms with Gasteiger partial charge in [0.2, 0.25) is 11.8 Å². The summed E-state index contributed by atoms with van der Waals surface area (Å²) in [6.45, 7) is 0.327. The second-order valence-electron chi connectivity index (χ2n) is 7.92. The SMILES string of the molecule is NC1=NS(=O)(=O)Nc2cccc(OC[C@]3(C(=O)NC4CCCC4)CCCNC3=O)c21. The number of amides is 2. The molecule has 0 bridgehead atoms. The Bertz CT molecular complexity index is 1000. The number of anilines is 1. The van der Waals surface area contributed by atoms with Crippen LogP contribution in [-0.2, 0) is 19.8 Å². The summed E-state index contributed by atoms with van der Waals surface area (Å²) in [6, 6.07) is 4.81. The molecule has 0 aromatic heterocycles. The largest absolute Gasteiger partial charge is 0.491 e. The number of hydrogen-bond acceptors (Lipinski definition) is 6. The molecule has 2 amide bonds. The zero-order valence-corrected chi connectivity index (χ0v) is 17.3. The minimum atomic E-state index is -3.92. The van der Waals surface area contributed by atoms with Crippen LogP contribution in [-0.4, -0.2) is 45.3 Å². The first-order chi connectivity index (χ1) is 14.3. The number of hydrogen-bond donors (Lipinski definition) is 4. The van der Waals surface area contributed by atoms with Gasteiger partial charge in [0.05, 0.1) is 11.3 Å². The van der Waals surface area contributed by atoms with Crippen LogP contribution in [0.15, 0.2) is 22.6 Å². The van der Waals surface area contributed by atoms with Crippen molar-refractivity contribution in [2.45, 2.75) is 44.6 Å². The minimum Gasteiger partial charge on any atom is -0.491 e. The molecular formula is C19H25N5O5S. The number of benzene rings is 1. The predicted octanol–water partition coefficient (Wildman–Crippen LogP) is 0.396. The van der Waals surface area contributed by atoms with Crippen LogP contribution >= 0.6 is 0 Å². The number of nitrogens with zero attached hydrogens (tertiary/aromatic N) is 1. The molecule has 1 saturated carbocycles. The summed E-state index contributed by atoms with van der Waals surface area (Å²) in [4.78, 5) is 26.0. The van der Waals surface area contributed by atoms with Gasteiger partial charge in [-0.25, -0.2) is 0 Å². The normalized spacial score (nSPS) is 25.5. The van der Waals surface area contributed by atoms with Crippen LogP contribution in [0.2, 0.25) is 0 Å². The third-order valence-electron chi connectivity index (χ3n) is 5.84. The molecule has 1 aromatic rings. The van der Waals surface area contributed by atoms with Crippen molar-refractivity contribution >= 4 is 33.5 Å². The number of fused-ring (bicyclic) bond motifs is 1. The van der Waals surface area contributed by atoms with Gasteiger partial charge in [0.1, 0.15) is 12.4 Å². The summed E-state index contributed by atoms with van der Waals surface area (Å²) in [6.07, 6.45) is 4.95. The summed E-state index contributed by atoms with van der Waals surface area (Å²) in [5.74, 6) is -0.658. The molecule has 1 saturated heterocycles. The molecule has 0 spiro atoms. The Labute approximate surface area is 174 Å². The lowest BCUT2D eigenvalue weighted by atomic mass is 9.79. The molecule has 0 unspecified atom stereocenters. The zero-order valence-electron chi connectivity index (χ0n) is 16.4. The number of nitrogens with two attached hydrogens (primary N) is 1. The van der Waals surface area contributed by atoms with Crippen molar-refractivity contribution in [2.75, 3.05) is 17.9 Å². The molecule has 2 fully saturated rings. The Balaban J connectivity index is 1.60. The summed E-state index contributed by atoms with van der Waals surface area (Å²) >= 11 is 0. The predicted molar refractivity (Wildman–Crippen MR) is 110 cm³/mol. The van der Waals surface area contributed by atoms with Crippen molar-refractivity contribution in [1.82, 2.24) is 10.6 Å². The van der Waals surface area contributed by atoms with Crippen LogP contribution < -0.4 is 25.8 Å². The van der Waals surface area contributed by atoms with Crippen molar-refractivity contribution in [3.63, 3.8) is 0 Å². The number of nitrogens with one attached hydrogen (secondary N) is 3. The highest BCUT2D eigenvalue weighted by Gasteiger charge is 2.49. The Kier molecular flexibility index (Phi) is 5.31. The van der Waals surface area contributed by atoms with E-state index in [4.69, 9.17) is 10.5 Å². The molecule has 2 heterocycles. The molecular weight excluding hydrogens is 410 g/mol. The van der Waals surface area contributed by atoms with Gasteiger partial charge < -0.3 is 21.1 Å². The number of piperidine rings is 1. The van der Waals surface area contributed by atoms with Crippen molar-refractivity contribution < 1.29 is 22.7 Å². The van der Waals surface area contributed by atoms with E-state index in [-0.39, 0.29) is 47.3 Å². The van der Waals surface area contributed by atoms with E-state index in [9.17, 15) is 18.0 Å². The van der Waals surface area contributed by atoms with Crippen LogP contribution in [0.25, 0.3) is 0 Å². The van der Waals surface area contributed by atoms with Gasteiger partial charge in [0, 0.05) is 12.6 Å². The first-order valence-corrected chi connectivity index (χ1v) is 11.5. The fraction of sp³-hybridized carbons (Fsp3) is 0.526. The number of carbonyl (C=O) groups is 2. The van der Waals surface area contributed by atoms with E-state index >= 15 is 0 Å². The number of ether oxygens (including phenoxy) is 1. The lowest BCUT2D eigenvalue weighted by Crippen LogP contribution is -2.58. The molecule has 3 aliphatic rings. The van der Waals surface area contributed by atoms with Gasteiger partial charge in [0.15, 0.2) is 11.3 Å². The Morgan fingerprint density at radius 1 is 1.30 bits per heavy atom. The average Bonchev–Trinajstić information content (AvgIpc) is 3.19. The van der Waals surface area contributed by atoms with E-state index in [1.54, 1.807) is 12.1 Å². The van der Waals surface area contributed by atoms with Crippen LogP contribution in [0.5, 0.6) is 5.75 Å². The maximum absolute atomic E-state index is 13.2. The van der Waals surface area contributed by atoms with Crippen molar-refractivity contribution in [3.8, 4) is 5.75 Å². The third-order valence-corrected chi connectivity index (χ3v) is 6.75. The van der Waals surface area contributed by atoms with Gasteiger partial charge in [-0.1, -0.05) is 18.9 Å². The monoisotopic (exact) mass is 435 g/mol. The van der Waals surface area contributed by atoms with E-state index < -0.39 is 15.6 Å². The first-order valence-electron chi connectivity index (χ1n) is 10.0. The minimum absolute atomic E-state index is 0.0748. The summed E-state index contributed by atoms with van der Waals surface area (Å²) in [5.41, 5.74) is 5.02. The van der Waals surface area contributed by atoms with Crippen molar-refractivity contribution in [3.05, 3.63) is 23.8 Å². The summed E-state index contributed by atoms with van der Waals surface area (Å²) in [5, 5.41) is 5.80. The Hall–Kier alpha value is -2.82. The van der Waals surface area contributed by atoms with E-state index in [1.807, 2.05) is 0 Å². The summed E-state index contributed by atoms with van der Waals surface area (Å²) in [7, 11) is -3.92. The highest BCUT2D eigenvalue weighted by atomic mass is 32.2. The third kappa shape index (κ3) is 3.81. The smallest absolute Gasteiger partial charge is 0.344 e. The van der Waals surface area contributed by atoms with Gasteiger partial charge in [-0.15, -0.1) is 4.40 Å². The van der Waals surface area contributed by atoms with E-state index in [2.05, 4.69) is 19.8 Å². The fourth-order valence-electron chi connectivity index (χ4n) is 4.23. The quantitative estimate of drug-likeness (QED) is 0.491. The summed E-state index contributed by atoms with van der Waals surface area (Å²) < 4.78 is 35.2. The molecule has 5 N–H and O–H groups in total. The van der Waals surface area contributed by atoms with E-state index in [1.165, 1.54) is 6.07 Å². The highest BCUT2D eigenvalue weighted by Crippen LogP contribution is 2.34. The molecule has 1 aromatic carbocycles. The fourth-order valence-corrected chi connectivity index (χ4v) is 5.07. The topological polar surface area (TPSA) is 152 Å². The second kappa shape index (κ2) is 7.78. The van der Waals surface area contributed by atoms with Gasteiger partial charge in [-0.3, -0.25) is 14.3 Å². The number of amidine groups is 1. The molecule has 10 nitrogen and oxygen atoms in total. The lowest BCUT2D eigenvalue weighted by Gasteiger charge is -2.35. The maximum Gasteiger partial charge on any atom is 0.344 e. The van der Waals surface area contributed by atoms with Crippen LogP contribution in [0.1, 0.15) is 44.1 Å². The van der Waals surface area contributed by atoms with E-state index in [0.717, 1.165) is 25.7 Å². The van der Waals surface area contributed by atoms with Crippen molar-refractivity contribution in [1.29, 1.82) is 0 Å². The van der Waals surface area contributed by atoms with Crippen molar-refractivity contribution in [2.24, 2.45) is 15.5 Å². The van der Waals surface area contributed by atoms with Crippen LogP contribution in [0, 0.1) is 5.41 Å². The van der Waals surface area contributed by atoms with Gasteiger partial charge in [-0.2, -0.15) is 8.42 Å². The molecule has 2 aliphatic heterocycles. The van der Waals surface area contributed by atoms with Gasteiger partial charge >= 0.3 is 10.2 Å². The molecule has 0 radical (unpaired) electrons. The molecule has 4 rings (SSSR count). The van der Waals surface area contributed by atoms with Crippen LogP contribution in [0.3, 0.4) is 0 Å².